The van der Waals surface area contributed by atoms with Crippen molar-refractivity contribution < 1.29 is 23.1 Å². The van der Waals surface area contributed by atoms with E-state index in [-0.39, 0.29) is 0 Å². The second-order valence-electron chi connectivity index (χ2n) is 3.04. The number of aliphatic carboxylic acids is 1. The van der Waals surface area contributed by atoms with Gasteiger partial charge in [-0.05, 0) is 6.07 Å². The minimum absolute atomic E-state index is 0.411. The summed E-state index contributed by atoms with van der Waals surface area (Å²) in [7, 11) is 0. The zero-order valence-corrected chi connectivity index (χ0v) is 7.99. The first kappa shape index (κ1) is 12.3. The Morgan fingerprint density at radius 1 is 1.38 bits per heavy atom. The van der Waals surface area contributed by atoms with E-state index >= 15 is 0 Å². The Hall–Kier alpha value is -1.79. The molecule has 0 unspecified atom stereocenters. The van der Waals surface area contributed by atoms with Crippen LogP contribution in [-0.2, 0) is 17.5 Å². The molecule has 0 atom stereocenters. The molecule has 16 heavy (non-hydrogen) atoms. The van der Waals surface area contributed by atoms with Gasteiger partial charge in [0, 0.05) is 12.6 Å². The number of nitrogens with zero attached hydrogens (tertiary/aromatic N) is 1. The van der Waals surface area contributed by atoms with Crippen LogP contribution in [-0.4, -0.2) is 15.6 Å². The molecule has 0 aliphatic carbocycles. The van der Waals surface area contributed by atoms with Crippen LogP contribution in [0.25, 0.3) is 0 Å². The lowest BCUT2D eigenvalue weighted by Gasteiger charge is -2.13. The number of carbonyl (C=O) groups is 1. The molecule has 0 spiro atoms. The number of hydrogen-bond acceptors (Lipinski definition) is 2. The molecule has 0 aliphatic rings. The Balaban J connectivity index is 3.14. The molecular formula is C9H8F3NO3. The predicted molar refractivity (Wildman–Crippen MR) is 48.0 cm³/mol. The number of pyridine rings is 1. The van der Waals surface area contributed by atoms with Crippen molar-refractivity contribution in [2.75, 3.05) is 0 Å². The van der Waals surface area contributed by atoms with E-state index in [9.17, 15) is 22.8 Å². The Morgan fingerprint density at radius 3 is 2.50 bits per heavy atom. The molecule has 1 rings (SSSR count). The zero-order chi connectivity index (χ0) is 12.3. The van der Waals surface area contributed by atoms with Gasteiger partial charge in [-0.1, -0.05) is 6.07 Å². The number of carboxylic acid groups (broad SMARTS) is 1. The van der Waals surface area contributed by atoms with E-state index in [0.29, 0.717) is 4.57 Å². The maximum Gasteiger partial charge on any atom is 0.431 e. The first-order valence-corrected chi connectivity index (χ1v) is 4.31. The van der Waals surface area contributed by atoms with E-state index in [1.165, 1.54) is 0 Å². The van der Waals surface area contributed by atoms with Crippen molar-refractivity contribution in [1.82, 2.24) is 4.57 Å². The molecule has 0 radical (unpaired) electrons. The highest BCUT2D eigenvalue weighted by Crippen LogP contribution is 2.28. The molecule has 1 N–H and O–H groups in total. The predicted octanol–water partition coefficient (Wildman–Crippen LogP) is 1.34. The highest BCUT2D eigenvalue weighted by atomic mass is 19.4. The molecule has 0 fully saturated rings. The summed E-state index contributed by atoms with van der Waals surface area (Å²) in [6, 6.07) is 2.68. The maximum absolute atomic E-state index is 12.4. The van der Waals surface area contributed by atoms with Gasteiger partial charge in [0.1, 0.15) is 5.69 Å². The first-order valence-electron chi connectivity index (χ1n) is 4.31. The van der Waals surface area contributed by atoms with Gasteiger partial charge in [-0.3, -0.25) is 9.59 Å². The van der Waals surface area contributed by atoms with E-state index < -0.39 is 36.4 Å². The Morgan fingerprint density at radius 2 is 2.00 bits per heavy atom. The van der Waals surface area contributed by atoms with E-state index in [0.717, 1.165) is 18.2 Å². The molecule has 7 heteroatoms. The molecule has 1 aromatic heterocycles. The fourth-order valence-electron chi connectivity index (χ4n) is 1.21. The second kappa shape index (κ2) is 4.38. The van der Waals surface area contributed by atoms with Crippen LogP contribution in [0, 0.1) is 0 Å². The smallest absolute Gasteiger partial charge is 0.431 e. The van der Waals surface area contributed by atoms with Gasteiger partial charge in [0.2, 0.25) is 0 Å². The van der Waals surface area contributed by atoms with E-state index in [1.54, 1.807) is 0 Å². The summed E-state index contributed by atoms with van der Waals surface area (Å²) < 4.78 is 37.7. The molecule has 0 saturated carbocycles. The molecule has 0 aliphatic heterocycles. The van der Waals surface area contributed by atoms with Gasteiger partial charge in [0.05, 0.1) is 6.42 Å². The minimum Gasteiger partial charge on any atom is -0.481 e. The molecule has 4 nitrogen and oxygen atoms in total. The third-order valence-corrected chi connectivity index (χ3v) is 1.89. The van der Waals surface area contributed by atoms with Gasteiger partial charge in [0.25, 0.3) is 5.56 Å². The van der Waals surface area contributed by atoms with Crippen LogP contribution in [0.4, 0.5) is 13.2 Å². The van der Waals surface area contributed by atoms with E-state index in [4.69, 9.17) is 5.11 Å². The Kier molecular flexibility index (Phi) is 3.36. The lowest BCUT2D eigenvalue weighted by molar-refractivity contribution is -0.145. The van der Waals surface area contributed by atoms with Crippen molar-refractivity contribution in [2.24, 2.45) is 0 Å². The average Bonchev–Trinajstić information content (AvgIpc) is 2.13. The lowest BCUT2D eigenvalue weighted by atomic mass is 10.3. The van der Waals surface area contributed by atoms with Crippen molar-refractivity contribution in [3.05, 3.63) is 34.2 Å². The zero-order valence-electron chi connectivity index (χ0n) is 7.99. The highest BCUT2D eigenvalue weighted by Gasteiger charge is 2.34. The fraction of sp³-hybridized carbons (Fsp3) is 0.333. The van der Waals surface area contributed by atoms with E-state index in [2.05, 4.69) is 0 Å². The van der Waals surface area contributed by atoms with Crippen LogP contribution in [0.1, 0.15) is 12.1 Å². The second-order valence-corrected chi connectivity index (χ2v) is 3.04. The van der Waals surface area contributed by atoms with Crippen LogP contribution in [0.15, 0.2) is 23.0 Å². The Labute approximate surface area is 87.9 Å². The molecule has 1 aromatic rings. The van der Waals surface area contributed by atoms with E-state index in [1.807, 2.05) is 0 Å². The van der Waals surface area contributed by atoms with Gasteiger partial charge >= 0.3 is 12.1 Å². The Bertz CT molecular complexity index is 450. The molecule has 0 saturated heterocycles. The van der Waals surface area contributed by atoms with Crippen molar-refractivity contribution in [1.29, 1.82) is 0 Å². The number of alkyl halides is 3. The summed E-state index contributed by atoms with van der Waals surface area (Å²) in [5.74, 6) is -1.26. The normalized spacial score (nSPS) is 11.4. The van der Waals surface area contributed by atoms with Crippen molar-refractivity contribution in [3.8, 4) is 0 Å². The van der Waals surface area contributed by atoms with Crippen molar-refractivity contribution in [3.63, 3.8) is 0 Å². The minimum atomic E-state index is -4.67. The van der Waals surface area contributed by atoms with Gasteiger partial charge in [-0.15, -0.1) is 0 Å². The molecular weight excluding hydrogens is 227 g/mol. The van der Waals surface area contributed by atoms with Gasteiger partial charge < -0.3 is 9.67 Å². The summed E-state index contributed by atoms with van der Waals surface area (Å²) in [6.45, 7) is -0.496. The first-order chi connectivity index (χ1) is 7.32. The van der Waals surface area contributed by atoms with Crippen LogP contribution >= 0.6 is 0 Å². The van der Waals surface area contributed by atoms with Crippen LogP contribution in [0.5, 0.6) is 0 Å². The van der Waals surface area contributed by atoms with Crippen LogP contribution in [0.3, 0.4) is 0 Å². The number of rotatable bonds is 3. The number of carboxylic acids is 1. The number of halogens is 3. The topological polar surface area (TPSA) is 59.3 Å². The SMILES string of the molecule is O=C(O)CCn1c(C(F)(F)F)cccc1=O. The number of aromatic nitrogens is 1. The van der Waals surface area contributed by atoms with Gasteiger partial charge in [0.15, 0.2) is 0 Å². The monoisotopic (exact) mass is 235 g/mol. The molecule has 0 aromatic carbocycles. The summed E-state index contributed by atoms with van der Waals surface area (Å²) in [6.07, 6.45) is -5.20. The van der Waals surface area contributed by atoms with Crippen LogP contribution in [0.2, 0.25) is 0 Å². The molecule has 88 valence electrons. The standard InChI is InChI=1S/C9H8F3NO3/c10-9(11,12)6-2-1-3-7(14)13(6)5-4-8(15)16/h1-3H,4-5H2,(H,15,16). The van der Waals surface area contributed by atoms with Crippen molar-refractivity contribution >= 4 is 5.97 Å². The summed E-state index contributed by atoms with van der Waals surface area (Å²) >= 11 is 0. The summed E-state index contributed by atoms with van der Waals surface area (Å²) in [5.41, 5.74) is -2.00. The highest BCUT2D eigenvalue weighted by molar-refractivity contribution is 5.66. The van der Waals surface area contributed by atoms with Gasteiger partial charge in [-0.2, -0.15) is 13.2 Å². The van der Waals surface area contributed by atoms with Crippen molar-refractivity contribution in [2.45, 2.75) is 19.1 Å². The van der Waals surface area contributed by atoms with Gasteiger partial charge in [-0.25, -0.2) is 0 Å². The molecule has 0 bridgehead atoms. The lowest BCUT2D eigenvalue weighted by Crippen LogP contribution is -2.28. The summed E-state index contributed by atoms with van der Waals surface area (Å²) in [5, 5.41) is 8.36. The summed E-state index contributed by atoms with van der Waals surface area (Å²) in [4.78, 5) is 21.4. The average molecular weight is 235 g/mol. The number of hydrogen-bond donors (Lipinski definition) is 1. The largest absolute Gasteiger partial charge is 0.481 e. The molecule has 1 heterocycles. The third-order valence-electron chi connectivity index (χ3n) is 1.89. The molecule has 0 amide bonds. The van der Waals surface area contributed by atoms with Crippen LogP contribution < -0.4 is 5.56 Å². The third kappa shape index (κ3) is 2.85. The quantitative estimate of drug-likeness (QED) is 0.860. The fourth-order valence-corrected chi connectivity index (χ4v) is 1.21. The maximum atomic E-state index is 12.4.